The van der Waals surface area contributed by atoms with Crippen molar-refractivity contribution >= 4 is 23.2 Å². The number of rotatable bonds is 5. The first-order valence-corrected chi connectivity index (χ1v) is 7.59. The van der Waals surface area contributed by atoms with E-state index in [2.05, 4.69) is 31.9 Å². The minimum absolute atomic E-state index is 0.157. The maximum absolute atomic E-state index is 12.6. The predicted molar refractivity (Wildman–Crippen MR) is 90.0 cm³/mol. The molecule has 2 heterocycles. The van der Waals surface area contributed by atoms with Crippen molar-refractivity contribution in [1.82, 2.24) is 14.8 Å². The lowest BCUT2D eigenvalue weighted by Gasteiger charge is -2.11. The van der Waals surface area contributed by atoms with Crippen LogP contribution in [0.1, 0.15) is 10.4 Å². The fourth-order valence-electron chi connectivity index (χ4n) is 2.14. The summed E-state index contributed by atoms with van der Waals surface area (Å²) in [4.78, 5) is 24.2. The van der Waals surface area contributed by atoms with Crippen LogP contribution in [0.3, 0.4) is 0 Å². The van der Waals surface area contributed by atoms with Crippen molar-refractivity contribution in [3.05, 3.63) is 70.8 Å². The Labute approximate surface area is 150 Å². The molecule has 7 nitrogen and oxygen atoms in total. The van der Waals surface area contributed by atoms with Gasteiger partial charge in [-0.15, -0.1) is 8.78 Å². The van der Waals surface area contributed by atoms with Crippen molar-refractivity contribution in [3.8, 4) is 11.6 Å². The molecule has 10 heteroatoms. The van der Waals surface area contributed by atoms with Crippen molar-refractivity contribution in [1.29, 1.82) is 0 Å². The van der Waals surface area contributed by atoms with Gasteiger partial charge in [0, 0.05) is 35.6 Å². The standard InChI is InChI=1S/C16H11ClF2N4O3/c17-16(18,19)26-12-4-2-11(3-5-12)21-15(25)10-1-6-14(24)23(9-10)13-7-8-20-22-13/h1-9H,(H,20,22)(H,21,25). The molecular formula is C16H11ClF2N4O3. The SMILES string of the molecule is O=C(Nc1ccc(OC(F)(F)Cl)cc1)c1ccc(=O)n(-c2ccn[nH]2)c1. The molecule has 3 aromatic rings. The van der Waals surface area contributed by atoms with Crippen LogP contribution in [-0.2, 0) is 0 Å². The van der Waals surface area contributed by atoms with Crippen LogP contribution < -0.4 is 15.6 Å². The van der Waals surface area contributed by atoms with Crippen LogP contribution in [0.2, 0.25) is 0 Å². The maximum atomic E-state index is 12.6. The molecule has 3 rings (SSSR count). The first-order chi connectivity index (χ1) is 12.3. The molecule has 0 spiro atoms. The van der Waals surface area contributed by atoms with Crippen LogP contribution >= 0.6 is 11.6 Å². The summed E-state index contributed by atoms with van der Waals surface area (Å²) in [7, 11) is 0. The third kappa shape index (κ3) is 4.25. The van der Waals surface area contributed by atoms with Crippen LogP contribution in [-0.4, -0.2) is 26.2 Å². The molecule has 0 fully saturated rings. The number of anilines is 1. The second kappa shape index (κ2) is 6.96. The number of aromatic nitrogens is 3. The van der Waals surface area contributed by atoms with Crippen LogP contribution in [0.4, 0.5) is 14.5 Å². The third-order valence-electron chi connectivity index (χ3n) is 3.26. The van der Waals surface area contributed by atoms with Gasteiger partial charge in [-0.05, 0) is 30.3 Å². The third-order valence-corrected chi connectivity index (χ3v) is 3.34. The second-order valence-electron chi connectivity index (χ2n) is 5.09. The molecule has 0 saturated heterocycles. The van der Waals surface area contributed by atoms with Gasteiger partial charge in [0.1, 0.15) is 11.6 Å². The maximum Gasteiger partial charge on any atom is 0.487 e. The molecule has 134 valence electrons. The molecule has 2 aromatic heterocycles. The number of carbonyl (C=O) groups is 1. The second-order valence-corrected chi connectivity index (χ2v) is 5.53. The molecule has 0 radical (unpaired) electrons. The van der Waals surface area contributed by atoms with Gasteiger partial charge in [-0.1, -0.05) is 0 Å². The largest absolute Gasteiger partial charge is 0.487 e. The number of carbonyl (C=O) groups excluding carboxylic acids is 1. The van der Waals surface area contributed by atoms with E-state index in [1.165, 1.54) is 53.4 Å². The summed E-state index contributed by atoms with van der Waals surface area (Å²) in [5.41, 5.74) is -3.59. The van der Waals surface area contributed by atoms with Gasteiger partial charge < -0.3 is 10.1 Å². The molecular weight excluding hydrogens is 370 g/mol. The highest BCUT2D eigenvalue weighted by Gasteiger charge is 2.27. The zero-order chi connectivity index (χ0) is 18.7. The van der Waals surface area contributed by atoms with Gasteiger partial charge in [-0.3, -0.25) is 19.3 Å². The molecule has 0 bridgehead atoms. The summed E-state index contributed by atoms with van der Waals surface area (Å²) >= 11 is 4.68. The normalized spacial score (nSPS) is 11.2. The zero-order valence-corrected chi connectivity index (χ0v) is 13.7. The number of nitrogens with zero attached hydrogens (tertiary/aromatic N) is 2. The summed E-state index contributed by atoms with van der Waals surface area (Å²) in [5.74, 6) is -0.237. The molecule has 0 aliphatic rings. The Balaban J connectivity index is 1.76. The summed E-state index contributed by atoms with van der Waals surface area (Å²) in [6.07, 6.45) is 2.83. The molecule has 0 aliphatic heterocycles. The number of H-pyrrole nitrogens is 1. The van der Waals surface area contributed by atoms with E-state index in [1.54, 1.807) is 6.07 Å². The number of benzene rings is 1. The van der Waals surface area contributed by atoms with Crippen LogP contribution in [0.25, 0.3) is 5.82 Å². The molecule has 0 aliphatic carbocycles. The Morgan fingerprint density at radius 2 is 1.92 bits per heavy atom. The highest BCUT2D eigenvalue weighted by atomic mass is 35.5. The van der Waals surface area contributed by atoms with Crippen molar-refractivity contribution < 1.29 is 18.3 Å². The number of aromatic amines is 1. The van der Waals surface area contributed by atoms with E-state index in [0.29, 0.717) is 11.5 Å². The number of ether oxygens (including phenoxy) is 1. The fraction of sp³-hybridized carbons (Fsp3) is 0.0625. The van der Waals surface area contributed by atoms with Gasteiger partial charge in [-0.25, -0.2) is 0 Å². The number of hydrogen-bond acceptors (Lipinski definition) is 4. The predicted octanol–water partition coefficient (Wildman–Crippen LogP) is 2.98. The van der Waals surface area contributed by atoms with E-state index >= 15 is 0 Å². The average Bonchev–Trinajstić information content (AvgIpc) is 3.10. The summed E-state index contributed by atoms with van der Waals surface area (Å²) in [6.45, 7) is 0. The Morgan fingerprint density at radius 1 is 1.19 bits per heavy atom. The first-order valence-electron chi connectivity index (χ1n) is 7.21. The summed E-state index contributed by atoms with van der Waals surface area (Å²) in [6, 6.07) is 9.41. The lowest BCUT2D eigenvalue weighted by atomic mass is 10.2. The van der Waals surface area contributed by atoms with E-state index in [0.717, 1.165) is 0 Å². The highest BCUT2D eigenvalue weighted by molar-refractivity contribution is 6.20. The molecule has 2 N–H and O–H groups in total. The minimum Gasteiger partial charge on any atom is -0.420 e. The highest BCUT2D eigenvalue weighted by Crippen LogP contribution is 2.26. The molecule has 1 aromatic carbocycles. The van der Waals surface area contributed by atoms with Crippen molar-refractivity contribution in [2.45, 2.75) is 5.57 Å². The lowest BCUT2D eigenvalue weighted by Crippen LogP contribution is -2.21. The zero-order valence-electron chi connectivity index (χ0n) is 12.9. The Hall–Kier alpha value is -3.20. The first kappa shape index (κ1) is 17.6. The number of pyridine rings is 1. The minimum atomic E-state index is -3.81. The van der Waals surface area contributed by atoms with Gasteiger partial charge in [0.25, 0.3) is 11.5 Å². The monoisotopic (exact) mass is 380 g/mol. The topological polar surface area (TPSA) is 89.0 Å². The molecule has 0 unspecified atom stereocenters. The van der Waals surface area contributed by atoms with E-state index < -0.39 is 11.5 Å². The van der Waals surface area contributed by atoms with Crippen molar-refractivity contribution in [2.24, 2.45) is 0 Å². The van der Waals surface area contributed by atoms with Crippen LogP contribution in [0.5, 0.6) is 5.75 Å². The number of alkyl halides is 3. The number of nitrogens with one attached hydrogen (secondary N) is 2. The van der Waals surface area contributed by atoms with Crippen LogP contribution in [0, 0.1) is 0 Å². The van der Waals surface area contributed by atoms with E-state index in [4.69, 9.17) is 0 Å². The fourth-order valence-corrected chi connectivity index (χ4v) is 2.22. The van der Waals surface area contributed by atoms with Gasteiger partial charge in [0.2, 0.25) is 0 Å². The van der Waals surface area contributed by atoms with Crippen LogP contribution in [0.15, 0.2) is 59.7 Å². The number of amides is 1. The summed E-state index contributed by atoms with van der Waals surface area (Å²) in [5, 5.41) is 8.97. The molecule has 0 saturated carbocycles. The van der Waals surface area contributed by atoms with E-state index in [1.807, 2.05) is 0 Å². The van der Waals surface area contributed by atoms with E-state index in [9.17, 15) is 18.4 Å². The number of halogens is 3. The Bertz CT molecular complexity index is 966. The van der Waals surface area contributed by atoms with E-state index in [-0.39, 0.29) is 16.9 Å². The molecule has 1 amide bonds. The lowest BCUT2D eigenvalue weighted by molar-refractivity contribution is -0.0964. The summed E-state index contributed by atoms with van der Waals surface area (Å²) < 4.78 is 30.6. The quantitative estimate of drug-likeness (QED) is 0.666. The van der Waals surface area contributed by atoms with Gasteiger partial charge >= 0.3 is 5.57 Å². The van der Waals surface area contributed by atoms with Gasteiger partial charge in [-0.2, -0.15) is 5.10 Å². The molecule has 26 heavy (non-hydrogen) atoms. The van der Waals surface area contributed by atoms with Crippen molar-refractivity contribution in [3.63, 3.8) is 0 Å². The van der Waals surface area contributed by atoms with Gasteiger partial charge in [0.05, 0.1) is 11.8 Å². The number of hydrogen-bond donors (Lipinski definition) is 2. The Morgan fingerprint density at radius 3 is 2.54 bits per heavy atom. The Kier molecular flexibility index (Phi) is 4.72. The average molecular weight is 381 g/mol. The van der Waals surface area contributed by atoms with Gasteiger partial charge in [0.15, 0.2) is 0 Å². The van der Waals surface area contributed by atoms with Crippen molar-refractivity contribution in [2.75, 3.05) is 5.32 Å². The smallest absolute Gasteiger partial charge is 0.420 e. The molecule has 0 atom stereocenters.